The molecular weight excluding hydrogens is 136 g/mol. The Balaban J connectivity index is 0.000001000. The van der Waals surface area contributed by atoms with Gasteiger partial charge in [0.05, 0.1) is 0 Å². The summed E-state index contributed by atoms with van der Waals surface area (Å²) in [6.07, 6.45) is -1.49. The van der Waals surface area contributed by atoms with E-state index in [2.05, 4.69) is 9.47 Å². The predicted octanol–water partition coefficient (Wildman–Crippen LogP) is 0.109. The molecule has 10 heavy (non-hydrogen) atoms. The number of esters is 2. The van der Waals surface area contributed by atoms with Gasteiger partial charge in [-0.05, 0) is 13.8 Å². The van der Waals surface area contributed by atoms with E-state index in [1.165, 1.54) is 13.8 Å². The van der Waals surface area contributed by atoms with Gasteiger partial charge in [-0.2, -0.15) is 0 Å². The van der Waals surface area contributed by atoms with Crippen molar-refractivity contribution in [2.75, 3.05) is 0 Å². The molecule has 0 amide bonds. The van der Waals surface area contributed by atoms with E-state index in [-0.39, 0.29) is 1.43 Å². The average molecular weight is 147 g/mol. The normalized spacial score (nSPS) is 33.0. The molecule has 1 fully saturated rings. The van der Waals surface area contributed by atoms with Crippen molar-refractivity contribution >= 4 is 11.9 Å². The van der Waals surface area contributed by atoms with Gasteiger partial charge in [-0.25, -0.2) is 9.59 Å². The number of carbonyl (C=O) groups excluding carboxylic acids is 2. The molecule has 0 aromatic carbocycles. The Morgan fingerprint density at radius 2 is 1.40 bits per heavy atom. The molecule has 1 rings (SSSR count). The standard InChI is InChI=1S/C6H8O4.H2/c1-3-5(7)10-4(2)6(8)9-3;/h3-4H,1-2H3;1H/t3-,4+;/i;1+1. The molecule has 4 nitrogen and oxygen atoms in total. The summed E-state index contributed by atoms with van der Waals surface area (Å²) in [6.45, 7) is 2.96. The van der Waals surface area contributed by atoms with E-state index in [4.69, 9.17) is 0 Å². The third-order valence-electron chi connectivity index (χ3n) is 1.25. The summed E-state index contributed by atoms with van der Waals surface area (Å²) in [5, 5.41) is 0. The zero-order valence-corrected chi connectivity index (χ0v) is 5.79. The summed E-state index contributed by atoms with van der Waals surface area (Å²) in [4.78, 5) is 21.3. The van der Waals surface area contributed by atoms with Gasteiger partial charge in [0, 0.05) is 1.43 Å². The van der Waals surface area contributed by atoms with Crippen molar-refractivity contribution in [3.63, 3.8) is 0 Å². The molecule has 0 spiro atoms. The molecule has 1 aliphatic rings. The molecule has 4 heteroatoms. The van der Waals surface area contributed by atoms with Gasteiger partial charge in [-0.15, -0.1) is 0 Å². The van der Waals surface area contributed by atoms with Gasteiger partial charge in [0.1, 0.15) is 0 Å². The molecule has 0 aromatic rings. The highest BCUT2D eigenvalue weighted by Crippen LogP contribution is 2.08. The fourth-order valence-electron chi connectivity index (χ4n) is 0.636. The fraction of sp³-hybridized carbons (Fsp3) is 0.667. The molecular formula is C6H10O4. The second-order valence-electron chi connectivity index (χ2n) is 2.16. The van der Waals surface area contributed by atoms with Crippen molar-refractivity contribution < 1.29 is 20.5 Å². The minimum Gasteiger partial charge on any atom is -0.448 e. The lowest BCUT2D eigenvalue weighted by atomic mass is 10.3. The number of ether oxygens (including phenoxy) is 2. The van der Waals surface area contributed by atoms with Gasteiger partial charge in [0.15, 0.2) is 12.2 Å². The highest BCUT2D eigenvalue weighted by atomic mass is 16.6. The van der Waals surface area contributed by atoms with Crippen LogP contribution in [0.25, 0.3) is 0 Å². The van der Waals surface area contributed by atoms with E-state index in [0.717, 1.165) is 0 Å². The predicted molar refractivity (Wildman–Crippen MR) is 33.2 cm³/mol. The van der Waals surface area contributed by atoms with Crippen molar-refractivity contribution in [1.29, 1.82) is 0 Å². The first-order valence-corrected chi connectivity index (χ1v) is 3.02. The first-order chi connectivity index (χ1) is 4.61. The quantitative estimate of drug-likeness (QED) is 0.456. The summed E-state index contributed by atoms with van der Waals surface area (Å²) in [5.41, 5.74) is 0. The SMILES string of the molecule is C[C@@H]1OC(=O)[C@@H](C)OC1=O.[2HH]. The Kier molecular flexibility index (Phi) is 1.61. The van der Waals surface area contributed by atoms with Crippen LogP contribution in [0.1, 0.15) is 15.3 Å². The maximum Gasteiger partial charge on any atom is 0.347 e. The van der Waals surface area contributed by atoms with Crippen LogP contribution in [0, 0.1) is 0 Å². The van der Waals surface area contributed by atoms with Crippen LogP contribution in [0.15, 0.2) is 0 Å². The van der Waals surface area contributed by atoms with Gasteiger partial charge < -0.3 is 9.47 Å². The number of carbonyl (C=O) groups is 2. The highest BCUT2D eigenvalue weighted by molar-refractivity contribution is 5.86. The Morgan fingerprint density at radius 3 is 1.70 bits per heavy atom. The van der Waals surface area contributed by atoms with E-state index in [1.54, 1.807) is 0 Å². The van der Waals surface area contributed by atoms with Crippen LogP contribution < -0.4 is 0 Å². The lowest BCUT2D eigenvalue weighted by molar-refractivity contribution is -0.191. The average Bonchev–Trinajstić information content (AvgIpc) is 1.84. The van der Waals surface area contributed by atoms with Crippen molar-refractivity contribution in [3.8, 4) is 0 Å². The third-order valence-corrected chi connectivity index (χ3v) is 1.25. The van der Waals surface area contributed by atoms with Crippen LogP contribution in [0.5, 0.6) is 0 Å². The topological polar surface area (TPSA) is 52.6 Å². The maximum atomic E-state index is 10.7. The molecule has 1 aliphatic heterocycles. The number of rotatable bonds is 0. The monoisotopic (exact) mass is 147 g/mol. The smallest absolute Gasteiger partial charge is 0.347 e. The minimum absolute atomic E-state index is 0. The second kappa shape index (κ2) is 2.28. The van der Waals surface area contributed by atoms with Crippen LogP contribution in [0.4, 0.5) is 0 Å². The molecule has 2 atom stereocenters. The third kappa shape index (κ3) is 1.10. The summed E-state index contributed by atoms with van der Waals surface area (Å²) in [5.74, 6) is -0.959. The van der Waals surface area contributed by atoms with E-state index in [9.17, 15) is 9.59 Å². The molecule has 1 saturated heterocycles. The van der Waals surface area contributed by atoms with Crippen LogP contribution in [-0.4, -0.2) is 24.1 Å². The van der Waals surface area contributed by atoms with Crippen molar-refractivity contribution in [2.24, 2.45) is 0 Å². The van der Waals surface area contributed by atoms with Crippen LogP contribution in [0.3, 0.4) is 0 Å². The molecule has 0 radical (unpaired) electrons. The molecule has 0 bridgehead atoms. The molecule has 0 saturated carbocycles. The van der Waals surface area contributed by atoms with Gasteiger partial charge in [-0.3, -0.25) is 0 Å². The number of hydrogen-bond acceptors (Lipinski definition) is 4. The molecule has 58 valence electrons. The molecule has 0 aromatic heterocycles. The molecule has 0 unspecified atom stereocenters. The zero-order valence-electron chi connectivity index (χ0n) is 5.79. The van der Waals surface area contributed by atoms with E-state index in [1.807, 2.05) is 0 Å². The Labute approximate surface area is 59.6 Å². The second-order valence-corrected chi connectivity index (χ2v) is 2.16. The van der Waals surface area contributed by atoms with Gasteiger partial charge in [0.25, 0.3) is 0 Å². The van der Waals surface area contributed by atoms with Crippen LogP contribution in [0.2, 0.25) is 0 Å². The molecule has 1 heterocycles. The largest absolute Gasteiger partial charge is 0.448 e. The van der Waals surface area contributed by atoms with Crippen LogP contribution in [-0.2, 0) is 19.1 Å². The summed E-state index contributed by atoms with van der Waals surface area (Å²) < 4.78 is 9.19. The summed E-state index contributed by atoms with van der Waals surface area (Å²) >= 11 is 0. The first-order valence-electron chi connectivity index (χ1n) is 3.02. The highest BCUT2D eigenvalue weighted by Gasteiger charge is 2.32. The summed E-state index contributed by atoms with van der Waals surface area (Å²) in [6, 6.07) is 0. The lowest BCUT2D eigenvalue weighted by Crippen LogP contribution is -2.40. The summed E-state index contributed by atoms with van der Waals surface area (Å²) in [7, 11) is 0. The Hall–Kier alpha value is -1.06. The van der Waals surface area contributed by atoms with Gasteiger partial charge in [-0.1, -0.05) is 0 Å². The molecule has 0 aliphatic carbocycles. The van der Waals surface area contributed by atoms with Gasteiger partial charge in [0.2, 0.25) is 0 Å². The zero-order chi connectivity index (χ0) is 7.72. The van der Waals surface area contributed by atoms with E-state index < -0.39 is 24.1 Å². The van der Waals surface area contributed by atoms with Crippen LogP contribution >= 0.6 is 0 Å². The maximum absolute atomic E-state index is 10.7. The van der Waals surface area contributed by atoms with Crippen molar-refractivity contribution in [2.45, 2.75) is 26.1 Å². The fourth-order valence-corrected chi connectivity index (χ4v) is 0.636. The molecule has 0 N–H and O–H groups in total. The Morgan fingerprint density at radius 1 is 1.10 bits per heavy atom. The van der Waals surface area contributed by atoms with Gasteiger partial charge >= 0.3 is 11.9 Å². The lowest BCUT2D eigenvalue weighted by Gasteiger charge is -2.22. The number of cyclic esters (lactones) is 2. The minimum atomic E-state index is -0.747. The van der Waals surface area contributed by atoms with E-state index in [0.29, 0.717) is 0 Å². The Bertz CT molecular complexity index is 159. The van der Waals surface area contributed by atoms with E-state index >= 15 is 0 Å². The van der Waals surface area contributed by atoms with Crippen molar-refractivity contribution in [1.82, 2.24) is 0 Å². The number of hydrogen-bond donors (Lipinski definition) is 0. The first kappa shape index (κ1) is 7.05. The van der Waals surface area contributed by atoms with Crippen molar-refractivity contribution in [3.05, 3.63) is 0 Å².